The van der Waals surface area contributed by atoms with Crippen molar-refractivity contribution in [3.8, 4) is 0 Å². The van der Waals surface area contributed by atoms with E-state index in [9.17, 15) is 4.39 Å². The number of nitrogens with zero attached hydrogens (tertiary/aromatic N) is 1. The van der Waals surface area contributed by atoms with Crippen LogP contribution >= 0.6 is 27.5 Å². The van der Waals surface area contributed by atoms with E-state index in [0.717, 1.165) is 5.56 Å². The van der Waals surface area contributed by atoms with Crippen molar-refractivity contribution in [1.29, 1.82) is 5.41 Å². The van der Waals surface area contributed by atoms with E-state index in [1.165, 1.54) is 0 Å². The summed E-state index contributed by atoms with van der Waals surface area (Å²) in [6.45, 7) is 0.517. The van der Waals surface area contributed by atoms with Crippen LogP contribution in [0.3, 0.4) is 0 Å². The molecule has 6 heteroatoms. The Morgan fingerprint density at radius 1 is 1.38 bits per heavy atom. The van der Waals surface area contributed by atoms with E-state index in [2.05, 4.69) is 15.9 Å². The third kappa shape index (κ3) is 3.54. The van der Waals surface area contributed by atoms with Crippen LogP contribution < -0.4 is 10.6 Å². The van der Waals surface area contributed by atoms with E-state index >= 15 is 0 Å². The second-order valence-electron chi connectivity index (χ2n) is 4.66. The molecule has 0 radical (unpaired) electrons. The number of halogens is 3. The molecule has 0 amide bonds. The lowest BCUT2D eigenvalue weighted by Gasteiger charge is -2.21. The number of hydrogen-bond acceptors (Lipinski definition) is 2. The van der Waals surface area contributed by atoms with Gasteiger partial charge in [0.05, 0.1) is 10.2 Å². The minimum atomic E-state index is -0.438. The molecule has 0 aromatic heterocycles. The number of rotatable bonds is 4. The molecule has 0 bridgehead atoms. The lowest BCUT2D eigenvalue weighted by Crippen LogP contribution is -2.19. The molecule has 0 aliphatic carbocycles. The lowest BCUT2D eigenvalue weighted by atomic mass is 10.1. The highest BCUT2D eigenvalue weighted by atomic mass is 79.9. The van der Waals surface area contributed by atoms with Gasteiger partial charge in [0.2, 0.25) is 0 Å². The Labute approximate surface area is 136 Å². The third-order valence-electron chi connectivity index (χ3n) is 3.07. The van der Waals surface area contributed by atoms with Crippen molar-refractivity contribution in [1.82, 2.24) is 0 Å². The van der Waals surface area contributed by atoms with Gasteiger partial charge in [0.25, 0.3) is 0 Å². The number of nitrogens with two attached hydrogens (primary N) is 1. The highest BCUT2D eigenvalue weighted by molar-refractivity contribution is 9.10. The zero-order valence-corrected chi connectivity index (χ0v) is 13.7. The summed E-state index contributed by atoms with van der Waals surface area (Å²) in [5, 5.41) is 8.05. The first kappa shape index (κ1) is 15.8. The van der Waals surface area contributed by atoms with Gasteiger partial charge in [-0.2, -0.15) is 0 Å². The molecule has 0 aliphatic rings. The summed E-state index contributed by atoms with van der Waals surface area (Å²) in [6.07, 6.45) is 0. The molecule has 2 aromatic rings. The molecule has 3 N–H and O–H groups in total. The first-order valence-electron chi connectivity index (χ1n) is 6.18. The third-order valence-corrected chi connectivity index (χ3v) is 4.08. The largest absolute Gasteiger partial charge is 0.384 e. The first-order valence-corrected chi connectivity index (χ1v) is 7.35. The first-order chi connectivity index (χ1) is 9.90. The van der Waals surface area contributed by atoms with Gasteiger partial charge in [-0.15, -0.1) is 0 Å². The predicted molar refractivity (Wildman–Crippen MR) is 88.7 cm³/mol. The van der Waals surface area contributed by atoms with Gasteiger partial charge in [-0.25, -0.2) is 4.39 Å². The van der Waals surface area contributed by atoms with Crippen molar-refractivity contribution >= 4 is 39.1 Å². The maximum Gasteiger partial charge on any atom is 0.161 e. The summed E-state index contributed by atoms with van der Waals surface area (Å²) < 4.78 is 14.6. The fourth-order valence-corrected chi connectivity index (χ4v) is 2.80. The lowest BCUT2D eigenvalue weighted by molar-refractivity contribution is 0.615. The monoisotopic (exact) mass is 369 g/mol. The number of benzene rings is 2. The molecule has 0 saturated heterocycles. The van der Waals surface area contributed by atoms with Gasteiger partial charge in [0, 0.05) is 24.2 Å². The summed E-state index contributed by atoms with van der Waals surface area (Å²) >= 11 is 9.10. The molecule has 3 nitrogen and oxygen atoms in total. The molecular formula is C15H14BrClFN3. The van der Waals surface area contributed by atoms with E-state index in [1.807, 2.05) is 18.2 Å². The van der Waals surface area contributed by atoms with Crippen molar-refractivity contribution in [3.05, 3.63) is 62.8 Å². The molecule has 0 saturated carbocycles. The number of nitrogen functional groups attached to an aromatic ring is 1. The Morgan fingerprint density at radius 2 is 2.10 bits per heavy atom. The van der Waals surface area contributed by atoms with Gasteiger partial charge in [0.15, 0.2) is 5.82 Å². The van der Waals surface area contributed by atoms with Crippen LogP contribution in [0, 0.1) is 11.2 Å². The van der Waals surface area contributed by atoms with E-state index in [-0.39, 0.29) is 10.3 Å². The van der Waals surface area contributed by atoms with Crippen LogP contribution in [0.15, 0.2) is 40.9 Å². The van der Waals surface area contributed by atoms with Crippen molar-refractivity contribution in [2.24, 2.45) is 5.73 Å². The van der Waals surface area contributed by atoms with Crippen LogP contribution in [0.2, 0.25) is 5.02 Å². The highest BCUT2D eigenvalue weighted by Gasteiger charge is 2.15. The molecule has 0 spiro atoms. The van der Waals surface area contributed by atoms with Gasteiger partial charge < -0.3 is 10.6 Å². The van der Waals surface area contributed by atoms with E-state index in [0.29, 0.717) is 22.8 Å². The van der Waals surface area contributed by atoms with Crippen molar-refractivity contribution < 1.29 is 4.39 Å². The number of hydrogen-bond donors (Lipinski definition) is 2. The average molecular weight is 371 g/mol. The zero-order valence-electron chi connectivity index (χ0n) is 11.3. The fourth-order valence-electron chi connectivity index (χ4n) is 2.04. The molecule has 2 rings (SSSR count). The van der Waals surface area contributed by atoms with E-state index < -0.39 is 5.82 Å². The Bertz CT molecular complexity index is 691. The molecule has 0 fully saturated rings. The molecule has 2 aromatic carbocycles. The van der Waals surface area contributed by atoms with Gasteiger partial charge in [-0.05, 0) is 45.8 Å². The minimum Gasteiger partial charge on any atom is -0.384 e. The molecule has 110 valence electrons. The molecule has 0 heterocycles. The fraction of sp³-hybridized carbons (Fsp3) is 0.133. The van der Waals surface area contributed by atoms with Crippen molar-refractivity contribution in [2.45, 2.75) is 6.54 Å². The Kier molecular flexibility index (Phi) is 4.85. The zero-order chi connectivity index (χ0) is 15.6. The van der Waals surface area contributed by atoms with Crippen molar-refractivity contribution in [2.75, 3.05) is 11.9 Å². The number of nitrogens with one attached hydrogen (secondary N) is 1. The Morgan fingerprint density at radius 3 is 2.71 bits per heavy atom. The molecule has 0 atom stereocenters. The normalized spacial score (nSPS) is 10.5. The van der Waals surface area contributed by atoms with Gasteiger partial charge >= 0.3 is 0 Å². The van der Waals surface area contributed by atoms with E-state index in [4.69, 9.17) is 22.7 Å². The number of amidine groups is 1. The van der Waals surface area contributed by atoms with E-state index in [1.54, 1.807) is 30.1 Å². The van der Waals surface area contributed by atoms with Crippen molar-refractivity contribution in [3.63, 3.8) is 0 Å². The standard InChI is InChI=1S/C15H14BrClFN3/c1-21(8-9-3-2-4-10(17)7-9)12-6-5-11(15(19)20)13(16)14(12)18/h2-7H,8H2,1H3,(H3,19,20). The Hall–Kier alpha value is -1.59. The second-order valence-corrected chi connectivity index (χ2v) is 5.89. The highest BCUT2D eigenvalue weighted by Crippen LogP contribution is 2.29. The topological polar surface area (TPSA) is 53.1 Å². The van der Waals surface area contributed by atoms with Crippen LogP contribution in [0.25, 0.3) is 0 Å². The molecular weight excluding hydrogens is 357 g/mol. The Balaban J connectivity index is 2.29. The second kappa shape index (κ2) is 6.45. The average Bonchev–Trinajstić information content (AvgIpc) is 2.41. The summed E-state index contributed by atoms with van der Waals surface area (Å²) in [4.78, 5) is 1.77. The molecule has 0 unspecified atom stereocenters. The van der Waals surface area contributed by atoms with Crippen LogP contribution in [0.1, 0.15) is 11.1 Å². The predicted octanol–water partition coefficient (Wildman–Crippen LogP) is 4.16. The van der Waals surface area contributed by atoms with Crippen LogP contribution in [0.4, 0.5) is 10.1 Å². The quantitative estimate of drug-likeness (QED) is 0.627. The van der Waals surface area contributed by atoms with Gasteiger partial charge in [-0.3, -0.25) is 5.41 Å². The summed E-state index contributed by atoms with van der Waals surface area (Å²) in [5.41, 5.74) is 7.15. The van der Waals surface area contributed by atoms with Crippen LogP contribution in [0.5, 0.6) is 0 Å². The number of anilines is 1. The van der Waals surface area contributed by atoms with Gasteiger partial charge in [-0.1, -0.05) is 23.7 Å². The maximum atomic E-state index is 14.4. The molecule has 21 heavy (non-hydrogen) atoms. The maximum absolute atomic E-state index is 14.4. The summed E-state index contributed by atoms with van der Waals surface area (Å²) in [6, 6.07) is 10.7. The SMILES string of the molecule is CN(Cc1cccc(Cl)c1)c1ccc(C(=N)N)c(Br)c1F. The minimum absolute atomic E-state index is 0.176. The van der Waals surface area contributed by atoms with Crippen LogP contribution in [-0.4, -0.2) is 12.9 Å². The van der Waals surface area contributed by atoms with Gasteiger partial charge in [0.1, 0.15) is 5.84 Å². The summed E-state index contributed by atoms with van der Waals surface area (Å²) in [7, 11) is 1.79. The molecule has 0 aliphatic heterocycles. The smallest absolute Gasteiger partial charge is 0.161 e. The summed E-state index contributed by atoms with van der Waals surface area (Å²) in [5.74, 6) is -0.614. The van der Waals surface area contributed by atoms with Crippen LogP contribution in [-0.2, 0) is 6.54 Å².